The summed E-state index contributed by atoms with van der Waals surface area (Å²) in [6.45, 7) is 0. The van der Waals surface area contributed by atoms with Gasteiger partial charge in [-0.1, -0.05) is 5.92 Å². The van der Waals surface area contributed by atoms with E-state index in [0.717, 1.165) is 11.8 Å². The van der Waals surface area contributed by atoms with Gasteiger partial charge in [0.15, 0.2) is 0 Å². The lowest BCUT2D eigenvalue weighted by Crippen LogP contribution is -2.47. The highest BCUT2D eigenvalue weighted by atomic mass is 16.1. The van der Waals surface area contributed by atoms with Crippen LogP contribution in [-0.4, -0.2) is 5.78 Å². The van der Waals surface area contributed by atoms with Gasteiger partial charge in [-0.25, -0.2) is 0 Å². The minimum Gasteiger partial charge on any atom is -0.298 e. The van der Waals surface area contributed by atoms with E-state index >= 15 is 0 Å². The number of rotatable bonds is 2. The van der Waals surface area contributed by atoms with E-state index in [-0.39, 0.29) is 0 Å². The second kappa shape index (κ2) is 3.37. The maximum absolute atomic E-state index is 12.0. The second-order valence-corrected chi connectivity index (χ2v) is 5.80. The standard InChI is InChI=1S/C14H18O/c1-2-3-13(15)14-11-5-9-4-10(7-11)8-12(14)6-9/h1,9-12,14H,3-8H2. The zero-order chi connectivity index (χ0) is 10.4. The Morgan fingerprint density at radius 2 is 1.60 bits per heavy atom. The number of hydrogen-bond acceptors (Lipinski definition) is 1. The maximum atomic E-state index is 12.0. The van der Waals surface area contributed by atoms with Crippen LogP contribution in [0.1, 0.15) is 38.5 Å². The van der Waals surface area contributed by atoms with Crippen LogP contribution in [0, 0.1) is 41.9 Å². The van der Waals surface area contributed by atoms with Crippen LogP contribution in [0.4, 0.5) is 0 Å². The summed E-state index contributed by atoms with van der Waals surface area (Å²) in [5.41, 5.74) is 0. The SMILES string of the molecule is C#CCC(=O)C1C2CC3CC(C2)CC1C3. The highest BCUT2D eigenvalue weighted by Gasteiger charge is 2.50. The molecule has 0 N–H and O–H groups in total. The predicted molar refractivity (Wildman–Crippen MR) is 59.0 cm³/mol. The third-order valence-electron chi connectivity index (χ3n) is 4.87. The van der Waals surface area contributed by atoms with Gasteiger partial charge in [0.1, 0.15) is 5.78 Å². The van der Waals surface area contributed by atoms with Crippen LogP contribution in [0.3, 0.4) is 0 Å². The monoisotopic (exact) mass is 202 g/mol. The molecule has 0 aromatic heterocycles. The lowest BCUT2D eigenvalue weighted by Gasteiger charge is -2.53. The molecule has 0 unspecified atom stereocenters. The molecule has 1 nitrogen and oxygen atoms in total. The van der Waals surface area contributed by atoms with E-state index in [1.54, 1.807) is 0 Å². The number of Topliss-reactive ketones (excluding diaryl/α,β-unsaturated/α-hetero) is 1. The molecule has 80 valence electrons. The summed E-state index contributed by atoms with van der Waals surface area (Å²) in [7, 11) is 0. The van der Waals surface area contributed by atoms with Crippen LogP contribution in [-0.2, 0) is 4.79 Å². The Bertz CT molecular complexity index is 295. The van der Waals surface area contributed by atoms with E-state index in [4.69, 9.17) is 6.42 Å². The Kier molecular flexibility index (Phi) is 2.12. The van der Waals surface area contributed by atoms with Crippen molar-refractivity contribution in [3.05, 3.63) is 0 Å². The second-order valence-electron chi connectivity index (χ2n) is 5.80. The molecule has 15 heavy (non-hydrogen) atoms. The van der Waals surface area contributed by atoms with Gasteiger partial charge in [0.2, 0.25) is 0 Å². The Morgan fingerprint density at radius 3 is 2.07 bits per heavy atom. The van der Waals surface area contributed by atoms with Crippen LogP contribution >= 0.6 is 0 Å². The summed E-state index contributed by atoms with van der Waals surface area (Å²) >= 11 is 0. The molecule has 4 aliphatic rings. The molecule has 4 saturated carbocycles. The van der Waals surface area contributed by atoms with Crippen LogP contribution in [0.15, 0.2) is 0 Å². The lowest BCUT2D eigenvalue weighted by molar-refractivity contribution is -0.134. The molecule has 0 spiro atoms. The van der Waals surface area contributed by atoms with E-state index in [0.29, 0.717) is 30.0 Å². The number of terminal acetylenes is 1. The van der Waals surface area contributed by atoms with Crippen molar-refractivity contribution >= 4 is 5.78 Å². The average Bonchev–Trinajstić information content (AvgIpc) is 2.15. The summed E-state index contributed by atoms with van der Waals surface area (Å²) in [4.78, 5) is 12.0. The highest BCUT2D eigenvalue weighted by molar-refractivity contribution is 5.84. The van der Waals surface area contributed by atoms with E-state index in [1.165, 1.54) is 32.1 Å². The smallest absolute Gasteiger partial charge is 0.148 e. The number of hydrogen-bond donors (Lipinski definition) is 0. The molecule has 0 radical (unpaired) electrons. The first-order valence-electron chi connectivity index (χ1n) is 6.24. The topological polar surface area (TPSA) is 17.1 Å². The third-order valence-corrected chi connectivity index (χ3v) is 4.87. The first-order chi connectivity index (χ1) is 7.28. The van der Waals surface area contributed by atoms with E-state index < -0.39 is 0 Å². The molecule has 0 aromatic rings. The maximum Gasteiger partial charge on any atom is 0.148 e. The molecule has 4 rings (SSSR count). The molecule has 0 aliphatic heterocycles. The molecule has 0 aromatic carbocycles. The van der Waals surface area contributed by atoms with Gasteiger partial charge in [0.25, 0.3) is 0 Å². The van der Waals surface area contributed by atoms with Crippen molar-refractivity contribution in [2.45, 2.75) is 38.5 Å². The molecular formula is C14H18O. The molecule has 0 saturated heterocycles. The Hall–Kier alpha value is -0.770. The molecule has 0 heterocycles. The van der Waals surface area contributed by atoms with Crippen LogP contribution < -0.4 is 0 Å². The number of carbonyl (C=O) groups is 1. The van der Waals surface area contributed by atoms with Crippen LogP contribution in [0.2, 0.25) is 0 Å². The van der Waals surface area contributed by atoms with Gasteiger partial charge in [-0.05, 0) is 55.8 Å². The quantitative estimate of drug-likeness (QED) is 0.629. The third kappa shape index (κ3) is 1.42. The van der Waals surface area contributed by atoms with Gasteiger partial charge < -0.3 is 0 Å². The molecule has 4 aliphatic carbocycles. The predicted octanol–water partition coefficient (Wildman–Crippen LogP) is 2.65. The summed E-state index contributed by atoms with van der Waals surface area (Å²) in [6.07, 6.45) is 12.3. The number of ketones is 1. The summed E-state index contributed by atoms with van der Waals surface area (Å²) in [5.74, 6) is 6.52. The molecule has 0 atom stereocenters. The fourth-order valence-electron chi connectivity index (χ4n) is 4.67. The Morgan fingerprint density at radius 1 is 1.07 bits per heavy atom. The molecular weight excluding hydrogens is 184 g/mol. The average molecular weight is 202 g/mol. The van der Waals surface area contributed by atoms with Crippen molar-refractivity contribution in [2.24, 2.45) is 29.6 Å². The van der Waals surface area contributed by atoms with Gasteiger partial charge in [-0.3, -0.25) is 4.79 Å². The summed E-state index contributed by atoms with van der Waals surface area (Å²) in [5, 5.41) is 0. The Balaban J connectivity index is 1.80. The van der Waals surface area contributed by atoms with Crippen molar-refractivity contribution < 1.29 is 4.79 Å². The summed E-state index contributed by atoms with van der Waals surface area (Å²) in [6, 6.07) is 0. The van der Waals surface area contributed by atoms with Gasteiger partial charge in [0.05, 0.1) is 6.42 Å². The minimum atomic E-state index is 0.342. The summed E-state index contributed by atoms with van der Waals surface area (Å²) < 4.78 is 0. The van der Waals surface area contributed by atoms with E-state index in [9.17, 15) is 4.79 Å². The van der Waals surface area contributed by atoms with E-state index in [2.05, 4.69) is 5.92 Å². The molecule has 4 bridgehead atoms. The molecule has 0 amide bonds. The van der Waals surface area contributed by atoms with E-state index in [1.807, 2.05) is 0 Å². The fraction of sp³-hybridized carbons (Fsp3) is 0.786. The van der Waals surface area contributed by atoms with Crippen LogP contribution in [0.5, 0.6) is 0 Å². The van der Waals surface area contributed by atoms with Gasteiger partial charge in [0, 0.05) is 5.92 Å². The zero-order valence-corrected chi connectivity index (χ0v) is 9.11. The molecule has 4 fully saturated rings. The Labute approximate surface area is 91.6 Å². The molecule has 1 heteroatoms. The van der Waals surface area contributed by atoms with Gasteiger partial charge >= 0.3 is 0 Å². The van der Waals surface area contributed by atoms with Gasteiger partial charge in [-0.2, -0.15) is 0 Å². The lowest BCUT2D eigenvalue weighted by atomic mass is 9.51. The van der Waals surface area contributed by atoms with Crippen molar-refractivity contribution in [1.29, 1.82) is 0 Å². The normalized spacial score (nSPS) is 46.5. The largest absolute Gasteiger partial charge is 0.298 e. The first kappa shape index (κ1) is 9.46. The van der Waals surface area contributed by atoms with Gasteiger partial charge in [-0.15, -0.1) is 6.42 Å². The van der Waals surface area contributed by atoms with Crippen molar-refractivity contribution in [2.75, 3.05) is 0 Å². The minimum absolute atomic E-state index is 0.342. The number of carbonyl (C=O) groups excluding carboxylic acids is 1. The fourth-order valence-corrected chi connectivity index (χ4v) is 4.67. The zero-order valence-electron chi connectivity index (χ0n) is 9.11. The van der Waals surface area contributed by atoms with Crippen molar-refractivity contribution in [3.8, 4) is 12.3 Å². The first-order valence-corrected chi connectivity index (χ1v) is 6.24. The highest BCUT2D eigenvalue weighted by Crippen LogP contribution is 2.56. The van der Waals surface area contributed by atoms with Crippen LogP contribution in [0.25, 0.3) is 0 Å². The van der Waals surface area contributed by atoms with Crippen molar-refractivity contribution in [3.63, 3.8) is 0 Å². The van der Waals surface area contributed by atoms with Crippen molar-refractivity contribution in [1.82, 2.24) is 0 Å².